The van der Waals surface area contributed by atoms with Gasteiger partial charge < -0.3 is 5.73 Å². The number of nitrogens with zero attached hydrogens (tertiary/aromatic N) is 1. The van der Waals surface area contributed by atoms with E-state index in [1.165, 1.54) is 5.56 Å². The van der Waals surface area contributed by atoms with Gasteiger partial charge in [0.05, 0.1) is 0 Å². The number of hydrogen-bond donors (Lipinski definition) is 1. The zero-order chi connectivity index (χ0) is 13.8. The highest BCUT2D eigenvalue weighted by atomic mass is 35.5. The predicted molar refractivity (Wildman–Crippen MR) is 82.2 cm³/mol. The standard InChI is InChI=1S/C16H19ClN2/c1-12(13-7-5-8-15(18)10-13)19(2)11-14-6-3-4-9-16(14)17/h3-10,12H,11,18H2,1-2H3. The second-order valence-electron chi connectivity index (χ2n) is 4.85. The highest BCUT2D eigenvalue weighted by Crippen LogP contribution is 2.24. The molecule has 2 rings (SSSR count). The fourth-order valence-corrected chi connectivity index (χ4v) is 2.30. The van der Waals surface area contributed by atoms with E-state index in [-0.39, 0.29) is 0 Å². The minimum atomic E-state index is 0.291. The second kappa shape index (κ2) is 6.09. The Labute approximate surface area is 119 Å². The molecule has 2 nitrogen and oxygen atoms in total. The SMILES string of the molecule is CC(c1cccc(N)c1)N(C)Cc1ccccc1Cl. The van der Waals surface area contributed by atoms with Crippen LogP contribution in [0.25, 0.3) is 0 Å². The molecule has 2 aromatic rings. The van der Waals surface area contributed by atoms with Crippen molar-refractivity contribution in [1.29, 1.82) is 0 Å². The second-order valence-corrected chi connectivity index (χ2v) is 5.26. The average molecular weight is 275 g/mol. The zero-order valence-electron chi connectivity index (χ0n) is 11.3. The van der Waals surface area contributed by atoms with Crippen molar-refractivity contribution < 1.29 is 0 Å². The van der Waals surface area contributed by atoms with Crippen molar-refractivity contribution in [1.82, 2.24) is 4.90 Å². The van der Waals surface area contributed by atoms with Crippen LogP contribution in [0.15, 0.2) is 48.5 Å². The number of hydrogen-bond acceptors (Lipinski definition) is 2. The van der Waals surface area contributed by atoms with Crippen LogP contribution in [0.5, 0.6) is 0 Å². The van der Waals surface area contributed by atoms with Crippen LogP contribution >= 0.6 is 11.6 Å². The summed E-state index contributed by atoms with van der Waals surface area (Å²) in [5.41, 5.74) is 8.99. The normalized spacial score (nSPS) is 12.6. The summed E-state index contributed by atoms with van der Waals surface area (Å²) < 4.78 is 0. The van der Waals surface area contributed by atoms with Gasteiger partial charge >= 0.3 is 0 Å². The van der Waals surface area contributed by atoms with Gasteiger partial charge in [-0.15, -0.1) is 0 Å². The molecule has 2 N–H and O–H groups in total. The van der Waals surface area contributed by atoms with Gasteiger partial charge in [-0.3, -0.25) is 4.90 Å². The first-order valence-electron chi connectivity index (χ1n) is 6.37. The van der Waals surface area contributed by atoms with E-state index in [0.29, 0.717) is 6.04 Å². The Hall–Kier alpha value is -1.51. The number of rotatable bonds is 4. The Balaban J connectivity index is 2.12. The molecule has 0 aromatic heterocycles. The lowest BCUT2D eigenvalue weighted by Crippen LogP contribution is -2.22. The highest BCUT2D eigenvalue weighted by molar-refractivity contribution is 6.31. The molecule has 0 aliphatic carbocycles. The smallest absolute Gasteiger partial charge is 0.0451 e. The molecule has 100 valence electrons. The van der Waals surface area contributed by atoms with E-state index in [4.69, 9.17) is 17.3 Å². The molecule has 0 bridgehead atoms. The van der Waals surface area contributed by atoms with Crippen molar-refractivity contribution in [3.8, 4) is 0 Å². The fourth-order valence-electron chi connectivity index (χ4n) is 2.11. The van der Waals surface area contributed by atoms with Gasteiger partial charge in [0.1, 0.15) is 0 Å². The van der Waals surface area contributed by atoms with Crippen LogP contribution in [0.2, 0.25) is 5.02 Å². The minimum absolute atomic E-state index is 0.291. The Morgan fingerprint density at radius 2 is 1.89 bits per heavy atom. The van der Waals surface area contributed by atoms with Crippen molar-refractivity contribution in [2.45, 2.75) is 19.5 Å². The van der Waals surface area contributed by atoms with Crippen LogP contribution < -0.4 is 5.73 Å². The van der Waals surface area contributed by atoms with Crippen molar-refractivity contribution in [2.75, 3.05) is 12.8 Å². The van der Waals surface area contributed by atoms with Crippen molar-refractivity contribution >= 4 is 17.3 Å². The van der Waals surface area contributed by atoms with Crippen LogP contribution in [-0.4, -0.2) is 11.9 Å². The summed E-state index contributed by atoms with van der Waals surface area (Å²) in [5.74, 6) is 0. The summed E-state index contributed by atoms with van der Waals surface area (Å²) in [7, 11) is 2.09. The molecule has 1 atom stereocenters. The Morgan fingerprint density at radius 3 is 2.58 bits per heavy atom. The van der Waals surface area contributed by atoms with Crippen LogP contribution in [0.1, 0.15) is 24.1 Å². The molecule has 0 radical (unpaired) electrons. The first-order chi connectivity index (χ1) is 9.08. The molecule has 0 aliphatic heterocycles. The van der Waals surface area contributed by atoms with Gasteiger partial charge in [-0.05, 0) is 43.3 Å². The summed E-state index contributed by atoms with van der Waals surface area (Å²) in [6, 6.07) is 16.3. The molecule has 0 heterocycles. The number of nitrogen functional groups attached to an aromatic ring is 1. The zero-order valence-corrected chi connectivity index (χ0v) is 12.1. The van der Waals surface area contributed by atoms with Gasteiger partial charge in [-0.25, -0.2) is 0 Å². The molecule has 2 aromatic carbocycles. The third-order valence-corrected chi connectivity index (χ3v) is 3.80. The number of anilines is 1. The van der Waals surface area contributed by atoms with E-state index >= 15 is 0 Å². The van der Waals surface area contributed by atoms with Crippen LogP contribution in [-0.2, 0) is 6.54 Å². The quantitative estimate of drug-likeness (QED) is 0.850. The molecule has 0 aliphatic rings. The molecule has 0 saturated carbocycles. The Kier molecular flexibility index (Phi) is 4.46. The van der Waals surface area contributed by atoms with Gasteiger partial charge in [-0.1, -0.05) is 41.9 Å². The maximum Gasteiger partial charge on any atom is 0.0451 e. The topological polar surface area (TPSA) is 29.3 Å². The lowest BCUT2D eigenvalue weighted by molar-refractivity contribution is 0.253. The largest absolute Gasteiger partial charge is 0.399 e. The van der Waals surface area contributed by atoms with Crippen molar-refractivity contribution in [2.24, 2.45) is 0 Å². The number of nitrogens with two attached hydrogens (primary N) is 1. The Bertz CT molecular complexity index is 554. The molecular weight excluding hydrogens is 256 g/mol. The van der Waals surface area contributed by atoms with Gasteiger partial charge in [0, 0.05) is 23.3 Å². The first kappa shape index (κ1) is 13.9. The van der Waals surface area contributed by atoms with Gasteiger partial charge in [0.25, 0.3) is 0 Å². The number of halogens is 1. The van der Waals surface area contributed by atoms with Crippen LogP contribution in [0, 0.1) is 0 Å². The van der Waals surface area contributed by atoms with Gasteiger partial charge in [0.2, 0.25) is 0 Å². The molecule has 1 unspecified atom stereocenters. The van der Waals surface area contributed by atoms with Crippen LogP contribution in [0.3, 0.4) is 0 Å². The lowest BCUT2D eigenvalue weighted by Gasteiger charge is -2.25. The van der Waals surface area contributed by atoms with Gasteiger partial charge in [-0.2, -0.15) is 0 Å². The molecule has 0 spiro atoms. The molecule has 0 saturated heterocycles. The third-order valence-electron chi connectivity index (χ3n) is 3.43. The van der Waals surface area contributed by atoms with E-state index in [1.54, 1.807) is 0 Å². The molecule has 19 heavy (non-hydrogen) atoms. The summed E-state index contributed by atoms with van der Waals surface area (Å²) >= 11 is 6.20. The third kappa shape index (κ3) is 3.49. The van der Waals surface area contributed by atoms with Gasteiger partial charge in [0.15, 0.2) is 0 Å². The molecule has 0 fully saturated rings. The molecule has 3 heteroatoms. The summed E-state index contributed by atoms with van der Waals surface area (Å²) in [6.07, 6.45) is 0. The van der Waals surface area contributed by atoms with E-state index in [9.17, 15) is 0 Å². The van der Waals surface area contributed by atoms with Crippen molar-refractivity contribution in [3.05, 3.63) is 64.7 Å². The van der Waals surface area contributed by atoms with E-state index in [0.717, 1.165) is 22.8 Å². The fraction of sp³-hybridized carbons (Fsp3) is 0.250. The van der Waals surface area contributed by atoms with E-state index in [2.05, 4.69) is 31.0 Å². The van der Waals surface area contributed by atoms with Crippen LogP contribution in [0.4, 0.5) is 5.69 Å². The Morgan fingerprint density at radius 1 is 1.16 bits per heavy atom. The number of benzene rings is 2. The van der Waals surface area contributed by atoms with E-state index in [1.807, 2.05) is 36.4 Å². The van der Waals surface area contributed by atoms with E-state index < -0.39 is 0 Å². The molecular formula is C16H19ClN2. The predicted octanol–water partition coefficient (Wildman–Crippen LogP) is 4.12. The summed E-state index contributed by atoms with van der Waals surface area (Å²) in [6.45, 7) is 2.99. The molecule has 0 amide bonds. The average Bonchev–Trinajstić information content (AvgIpc) is 2.40. The monoisotopic (exact) mass is 274 g/mol. The first-order valence-corrected chi connectivity index (χ1v) is 6.75. The maximum atomic E-state index is 6.20. The lowest BCUT2D eigenvalue weighted by atomic mass is 10.1. The highest BCUT2D eigenvalue weighted by Gasteiger charge is 2.13. The minimum Gasteiger partial charge on any atom is -0.399 e. The summed E-state index contributed by atoms with van der Waals surface area (Å²) in [5, 5.41) is 0.814. The maximum absolute atomic E-state index is 6.20. The summed E-state index contributed by atoms with van der Waals surface area (Å²) in [4.78, 5) is 2.26. The van der Waals surface area contributed by atoms with Crippen molar-refractivity contribution in [3.63, 3.8) is 0 Å².